The standard InChI is InChI=1S/C12H19N3O2/c1-12(2,16-3)11-14-10(17-15-11)8-6-7-4-5-9(8)13-7/h7-9,13H,4-6H2,1-3H3. The summed E-state index contributed by atoms with van der Waals surface area (Å²) in [5, 5.41) is 7.63. The molecule has 3 unspecified atom stereocenters. The number of hydrogen-bond acceptors (Lipinski definition) is 5. The molecule has 3 heterocycles. The maximum atomic E-state index is 5.41. The van der Waals surface area contributed by atoms with Gasteiger partial charge in [-0.2, -0.15) is 4.98 Å². The van der Waals surface area contributed by atoms with Crippen LogP contribution in [0.2, 0.25) is 0 Å². The minimum atomic E-state index is -0.479. The van der Waals surface area contributed by atoms with Crippen molar-refractivity contribution in [2.24, 2.45) is 0 Å². The summed E-state index contributed by atoms with van der Waals surface area (Å²) in [7, 11) is 1.66. The van der Waals surface area contributed by atoms with Gasteiger partial charge in [0.1, 0.15) is 5.60 Å². The summed E-state index contributed by atoms with van der Waals surface area (Å²) in [5.41, 5.74) is -0.479. The van der Waals surface area contributed by atoms with Gasteiger partial charge in [0, 0.05) is 19.2 Å². The second-order valence-electron chi connectivity index (χ2n) is 5.56. The molecule has 0 aromatic carbocycles. The zero-order chi connectivity index (χ0) is 12.0. The summed E-state index contributed by atoms with van der Waals surface area (Å²) in [5.74, 6) is 1.80. The van der Waals surface area contributed by atoms with Gasteiger partial charge in [0.15, 0.2) is 0 Å². The fourth-order valence-corrected chi connectivity index (χ4v) is 2.82. The zero-order valence-corrected chi connectivity index (χ0v) is 10.6. The summed E-state index contributed by atoms with van der Waals surface area (Å²) >= 11 is 0. The van der Waals surface area contributed by atoms with Gasteiger partial charge in [-0.05, 0) is 33.1 Å². The molecule has 1 N–H and O–H groups in total. The van der Waals surface area contributed by atoms with Crippen molar-refractivity contribution in [3.8, 4) is 0 Å². The Kier molecular flexibility index (Phi) is 2.48. The van der Waals surface area contributed by atoms with Crippen LogP contribution >= 0.6 is 0 Å². The SMILES string of the molecule is COC(C)(C)c1noc(C2CC3CCC2N3)n1. The Balaban J connectivity index is 1.81. The second kappa shape index (κ2) is 3.78. The van der Waals surface area contributed by atoms with E-state index in [1.54, 1.807) is 7.11 Å². The van der Waals surface area contributed by atoms with E-state index in [0.717, 1.165) is 12.3 Å². The highest BCUT2D eigenvalue weighted by Gasteiger charge is 2.43. The van der Waals surface area contributed by atoms with Crippen molar-refractivity contribution in [3.63, 3.8) is 0 Å². The number of nitrogens with one attached hydrogen (secondary N) is 1. The highest BCUT2D eigenvalue weighted by atomic mass is 16.5. The maximum absolute atomic E-state index is 5.41. The molecular formula is C12H19N3O2. The fourth-order valence-electron chi connectivity index (χ4n) is 2.82. The van der Waals surface area contributed by atoms with Gasteiger partial charge in [-0.25, -0.2) is 0 Å². The molecule has 2 aliphatic rings. The summed E-state index contributed by atoms with van der Waals surface area (Å²) in [4.78, 5) is 4.51. The van der Waals surface area contributed by atoms with E-state index >= 15 is 0 Å². The third kappa shape index (κ3) is 1.77. The van der Waals surface area contributed by atoms with Crippen LogP contribution < -0.4 is 5.32 Å². The monoisotopic (exact) mass is 237 g/mol. The topological polar surface area (TPSA) is 60.2 Å². The fraction of sp³-hybridized carbons (Fsp3) is 0.833. The van der Waals surface area contributed by atoms with Crippen LogP contribution in [0.25, 0.3) is 0 Å². The van der Waals surface area contributed by atoms with E-state index < -0.39 is 5.60 Å². The first-order valence-corrected chi connectivity index (χ1v) is 6.25. The molecule has 2 fully saturated rings. The first-order valence-electron chi connectivity index (χ1n) is 6.25. The van der Waals surface area contributed by atoms with Crippen molar-refractivity contribution in [2.75, 3.05) is 7.11 Å². The van der Waals surface area contributed by atoms with Crippen LogP contribution in [0.15, 0.2) is 4.52 Å². The number of fused-ring (bicyclic) bond motifs is 2. The summed E-state index contributed by atoms with van der Waals surface area (Å²) in [6, 6.07) is 1.18. The molecule has 3 rings (SSSR count). The first-order chi connectivity index (χ1) is 8.10. The van der Waals surface area contributed by atoms with Crippen LogP contribution in [0.3, 0.4) is 0 Å². The summed E-state index contributed by atoms with van der Waals surface area (Å²) < 4.78 is 10.8. The number of hydrogen-bond donors (Lipinski definition) is 1. The third-order valence-electron chi connectivity index (χ3n) is 4.11. The molecule has 0 radical (unpaired) electrons. The number of methoxy groups -OCH3 is 1. The van der Waals surface area contributed by atoms with Crippen molar-refractivity contribution in [2.45, 2.75) is 56.7 Å². The number of nitrogens with zero attached hydrogens (tertiary/aromatic N) is 2. The lowest BCUT2D eigenvalue weighted by Gasteiger charge is -2.18. The third-order valence-corrected chi connectivity index (χ3v) is 4.11. The van der Waals surface area contributed by atoms with Crippen LogP contribution in [0.4, 0.5) is 0 Å². The highest BCUT2D eigenvalue weighted by molar-refractivity contribution is 5.11. The van der Waals surface area contributed by atoms with Crippen molar-refractivity contribution in [1.82, 2.24) is 15.5 Å². The molecule has 1 aromatic heterocycles. The number of ether oxygens (including phenoxy) is 1. The average molecular weight is 237 g/mol. The molecule has 94 valence electrons. The lowest BCUT2D eigenvalue weighted by Crippen LogP contribution is -2.23. The summed E-state index contributed by atoms with van der Waals surface area (Å²) in [6.45, 7) is 3.89. The van der Waals surface area contributed by atoms with Gasteiger partial charge in [-0.15, -0.1) is 0 Å². The Morgan fingerprint density at radius 3 is 2.82 bits per heavy atom. The van der Waals surface area contributed by atoms with Crippen molar-refractivity contribution >= 4 is 0 Å². The molecule has 17 heavy (non-hydrogen) atoms. The van der Waals surface area contributed by atoms with E-state index in [-0.39, 0.29) is 0 Å². The van der Waals surface area contributed by atoms with Gasteiger partial charge in [0.05, 0.1) is 5.92 Å². The molecule has 1 aromatic rings. The summed E-state index contributed by atoms with van der Waals surface area (Å²) in [6.07, 6.45) is 3.63. The molecule has 0 spiro atoms. The molecule has 5 nitrogen and oxygen atoms in total. The van der Waals surface area contributed by atoms with Gasteiger partial charge >= 0.3 is 0 Å². The molecular weight excluding hydrogens is 218 g/mol. The van der Waals surface area contributed by atoms with Gasteiger partial charge in [0.25, 0.3) is 0 Å². The predicted octanol–water partition coefficient (Wildman–Crippen LogP) is 1.56. The molecule has 0 saturated carbocycles. The van der Waals surface area contributed by atoms with Gasteiger partial charge in [-0.3, -0.25) is 0 Å². The van der Waals surface area contributed by atoms with Crippen LogP contribution in [-0.4, -0.2) is 29.3 Å². The quantitative estimate of drug-likeness (QED) is 0.864. The first kappa shape index (κ1) is 11.2. The number of rotatable bonds is 3. The van der Waals surface area contributed by atoms with Crippen molar-refractivity contribution < 1.29 is 9.26 Å². The lowest BCUT2D eigenvalue weighted by molar-refractivity contribution is 0.00973. The highest BCUT2D eigenvalue weighted by Crippen LogP contribution is 2.39. The lowest BCUT2D eigenvalue weighted by atomic mass is 9.89. The largest absolute Gasteiger partial charge is 0.371 e. The zero-order valence-electron chi connectivity index (χ0n) is 10.6. The molecule has 5 heteroatoms. The van der Waals surface area contributed by atoms with Gasteiger partial charge in [0.2, 0.25) is 11.7 Å². The van der Waals surface area contributed by atoms with Crippen LogP contribution in [0.1, 0.15) is 50.7 Å². The minimum Gasteiger partial charge on any atom is -0.371 e. The molecule has 2 saturated heterocycles. The second-order valence-corrected chi connectivity index (χ2v) is 5.56. The smallest absolute Gasteiger partial charge is 0.231 e. The van der Waals surface area contributed by atoms with E-state index in [9.17, 15) is 0 Å². The minimum absolute atomic E-state index is 0.391. The van der Waals surface area contributed by atoms with E-state index in [1.807, 2.05) is 13.8 Å². The predicted molar refractivity (Wildman–Crippen MR) is 61.6 cm³/mol. The van der Waals surface area contributed by atoms with E-state index in [4.69, 9.17) is 9.26 Å². The van der Waals surface area contributed by atoms with Crippen LogP contribution in [-0.2, 0) is 10.3 Å². The molecule has 2 bridgehead atoms. The van der Waals surface area contributed by atoms with Crippen LogP contribution in [0, 0.1) is 0 Å². The Morgan fingerprint density at radius 2 is 2.24 bits per heavy atom. The van der Waals surface area contributed by atoms with E-state index in [2.05, 4.69) is 15.5 Å². The maximum Gasteiger partial charge on any atom is 0.231 e. The molecule has 3 atom stereocenters. The normalized spacial score (nSPS) is 32.3. The average Bonchev–Trinajstić information content (AvgIpc) is 3.03. The molecule has 2 aliphatic heterocycles. The van der Waals surface area contributed by atoms with Crippen molar-refractivity contribution in [3.05, 3.63) is 11.7 Å². The Bertz CT molecular complexity index is 416. The van der Waals surface area contributed by atoms with Gasteiger partial charge in [-0.1, -0.05) is 5.16 Å². The number of aromatic nitrogens is 2. The van der Waals surface area contributed by atoms with Crippen LogP contribution in [0.5, 0.6) is 0 Å². The van der Waals surface area contributed by atoms with Gasteiger partial charge < -0.3 is 14.6 Å². The Morgan fingerprint density at radius 1 is 1.41 bits per heavy atom. The Hall–Kier alpha value is -0.940. The molecule has 0 amide bonds. The van der Waals surface area contributed by atoms with E-state index in [1.165, 1.54) is 12.8 Å². The van der Waals surface area contributed by atoms with E-state index in [0.29, 0.717) is 23.8 Å². The Labute approximate surface area is 101 Å². The van der Waals surface area contributed by atoms with Crippen molar-refractivity contribution in [1.29, 1.82) is 0 Å². The molecule has 0 aliphatic carbocycles.